The van der Waals surface area contributed by atoms with E-state index < -0.39 is 6.04 Å². The van der Waals surface area contributed by atoms with Gasteiger partial charge < -0.3 is 5.32 Å². The van der Waals surface area contributed by atoms with Gasteiger partial charge in [0.25, 0.3) is 5.91 Å². The second-order valence-corrected chi connectivity index (χ2v) is 5.10. The van der Waals surface area contributed by atoms with Crippen LogP contribution in [0.25, 0.3) is 0 Å². The van der Waals surface area contributed by atoms with E-state index in [1.165, 1.54) is 7.05 Å². The van der Waals surface area contributed by atoms with Crippen molar-refractivity contribution in [3.63, 3.8) is 0 Å². The molecule has 19 heavy (non-hydrogen) atoms. The maximum atomic E-state index is 11.8. The first kappa shape index (κ1) is 13.5. The summed E-state index contributed by atoms with van der Waals surface area (Å²) in [5, 5.41) is 2.95. The Morgan fingerprint density at radius 3 is 2.58 bits per heavy atom. The molecule has 6 heteroatoms. The molecule has 1 fully saturated rings. The van der Waals surface area contributed by atoms with E-state index in [9.17, 15) is 9.59 Å². The van der Waals surface area contributed by atoms with Crippen molar-refractivity contribution >= 4 is 17.8 Å². The summed E-state index contributed by atoms with van der Waals surface area (Å²) in [6, 6.07) is 1.36. The Kier molecular flexibility index (Phi) is 3.50. The lowest BCUT2D eigenvalue weighted by molar-refractivity contribution is -0.136. The van der Waals surface area contributed by atoms with Crippen molar-refractivity contribution in [2.24, 2.45) is 0 Å². The van der Waals surface area contributed by atoms with Crippen molar-refractivity contribution in [1.29, 1.82) is 0 Å². The van der Waals surface area contributed by atoms with Gasteiger partial charge in [0.2, 0.25) is 11.9 Å². The van der Waals surface area contributed by atoms with Gasteiger partial charge in [0.1, 0.15) is 6.04 Å². The summed E-state index contributed by atoms with van der Waals surface area (Å²) < 4.78 is 0. The second kappa shape index (κ2) is 4.95. The molecule has 0 bridgehead atoms. The minimum Gasteiger partial charge on any atom is -0.342 e. The van der Waals surface area contributed by atoms with Gasteiger partial charge >= 0.3 is 0 Å². The molecule has 0 spiro atoms. The van der Waals surface area contributed by atoms with E-state index in [0.29, 0.717) is 5.95 Å². The van der Waals surface area contributed by atoms with Crippen LogP contribution < -0.4 is 5.32 Å². The van der Waals surface area contributed by atoms with E-state index in [0.717, 1.165) is 16.3 Å². The lowest BCUT2D eigenvalue weighted by atomic mass is 10.1. The fourth-order valence-corrected chi connectivity index (χ4v) is 1.98. The number of likely N-dealkylation sites (N-methyl/N-ethyl adjacent to an activating group) is 1. The highest BCUT2D eigenvalue weighted by Crippen LogP contribution is 2.18. The number of carbonyl (C=O) groups is 2. The Bertz CT molecular complexity index is 527. The highest BCUT2D eigenvalue weighted by atomic mass is 16.2. The summed E-state index contributed by atoms with van der Waals surface area (Å²) in [4.78, 5) is 33.0. The van der Waals surface area contributed by atoms with E-state index >= 15 is 0 Å². The van der Waals surface area contributed by atoms with Gasteiger partial charge in [-0.2, -0.15) is 0 Å². The molecule has 102 valence electrons. The SMILES string of the molecule is Cc1cc(C(C)C)nc(NC2CC(=O)N(C)C2=O)n1. The van der Waals surface area contributed by atoms with E-state index in [1.807, 2.05) is 26.8 Å². The molecule has 0 aromatic carbocycles. The molecule has 2 rings (SSSR count). The van der Waals surface area contributed by atoms with Gasteiger partial charge in [0.15, 0.2) is 0 Å². The zero-order chi connectivity index (χ0) is 14.2. The molecule has 2 amide bonds. The minimum absolute atomic E-state index is 0.156. The molecule has 1 atom stereocenters. The number of amides is 2. The number of anilines is 1. The van der Waals surface area contributed by atoms with Crippen LogP contribution in [-0.4, -0.2) is 39.8 Å². The van der Waals surface area contributed by atoms with Gasteiger partial charge in [-0.25, -0.2) is 9.97 Å². The van der Waals surface area contributed by atoms with Crippen LogP contribution in [0.2, 0.25) is 0 Å². The third-order valence-electron chi connectivity index (χ3n) is 3.15. The molecular weight excluding hydrogens is 244 g/mol. The average Bonchev–Trinajstić information content (AvgIpc) is 2.56. The van der Waals surface area contributed by atoms with Gasteiger partial charge in [-0.1, -0.05) is 13.8 Å². The van der Waals surface area contributed by atoms with Crippen LogP contribution in [0, 0.1) is 6.92 Å². The Morgan fingerprint density at radius 2 is 2.05 bits per heavy atom. The van der Waals surface area contributed by atoms with Crippen LogP contribution in [0.15, 0.2) is 6.07 Å². The zero-order valence-electron chi connectivity index (χ0n) is 11.6. The average molecular weight is 262 g/mol. The Labute approximate surface area is 112 Å². The predicted molar refractivity (Wildman–Crippen MR) is 70.7 cm³/mol. The molecule has 1 unspecified atom stereocenters. The molecule has 1 aromatic rings. The number of aromatic nitrogens is 2. The number of likely N-dealkylation sites (tertiary alicyclic amines) is 1. The molecule has 0 saturated carbocycles. The molecule has 1 aromatic heterocycles. The highest BCUT2D eigenvalue weighted by molar-refractivity contribution is 6.06. The number of nitrogens with zero attached hydrogens (tertiary/aromatic N) is 3. The standard InChI is InChI=1S/C13H18N4O2/c1-7(2)9-5-8(3)14-13(15-9)16-10-6-11(18)17(4)12(10)19/h5,7,10H,6H2,1-4H3,(H,14,15,16). The van der Waals surface area contributed by atoms with Crippen molar-refractivity contribution in [3.8, 4) is 0 Å². The molecule has 0 aliphatic carbocycles. The fourth-order valence-electron chi connectivity index (χ4n) is 1.98. The molecular formula is C13H18N4O2. The van der Waals surface area contributed by atoms with Crippen molar-refractivity contribution in [1.82, 2.24) is 14.9 Å². The first-order valence-electron chi connectivity index (χ1n) is 6.31. The van der Waals surface area contributed by atoms with E-state index in [1.54, 1.807) is 0 Å². The summed E-state index contributed by atoms with van der Waals surface area (Å²) in [6.07, 6.45) is 0.156. The molecule has 0 radical (unpaired) electrons. The molecule has 1 N–H and O–H groups in total. The molecule has 1 aliphatic heterocycles. The lowest BCUT2D eigenvalue weighted by Crippen LogP contribution is -2.32. The van der Waals surface area contributed by atoms with Gasteiger partial charge in [-0.3, -0.25) is 14.5 Å². The fraction of sp³-hybridized carbons (Fsp3) is 0.538. The summed E-state index contributed by atoms with van der Waals surface area (Å²) in [5.74, 6) is 0.274. The summed E-state index contributed by atoms with van der Waals surface area (Å²) >= 11 is 0. The third kappa shape index (κ3) is 2.72. The van der Waals surface area contributed by atoms with Gasteiger partial charge in [0, 0.05) is 18.4 Å². The van der Waals surface area contributed by atoms with Crippen LogP contribution >= 0.6 is 0 Å². The van der Waals surface area contributed by atoms with E-state index in [-0.39, 0.29) is 24.2 Å². The van der Waals surface area contributed by atoms with Crippen LogP contribution in [0.1, 0.15) is 37.6 Å². The van der Waals surface area contributed by atoms with Gasteiger partial charge in [-0.15, -0.1) is 0 Å². The Hall–Kier alpha value is -1.98. The number of rotatable bonds is 3. The van der Waals surface area contributed by atoms with E-state index in [4.69, 9.17) is 0 Å². The van der Waals surface area contributed by atoms with Crippen molar-refractivity contribution in [3.05, 3.63) is 17.5 Å². The van der Waals surface area contributed by atoms with E-state index in [2.05, 4.69) is 15.3 Å². The number of nitrogens with one attached hydrogen (secondary N) is 1. The van der Waals surface area contributed by atoms with Gasteiger partial charge in [0.05, 0.1) is 6.42 Å². The second-order valence-electron chi connectivity index (χ2n) is 5.10. The minimum atomic E-state index is -0.556. The van der Waals surface area contributed by atoms with Crippen LogP contribution in [0.5, 0.6) is 0 Å². The van der Waals surface area contributed by atoms with Crippen LogP contribution in [0.3, 0.4) is 0 Å². The van der Waals surface area contributed by atoms with Crippen molar-refractivity contribution in [2.45, 2.75) is 39.2 Å². The summed E-state index contributed by atoms with van der Waals surface area (Å²) in [5.41, 5.74) is 1.76. The Balaban J connectivity index is 2.20. The molecule has 2 heterocycles. The first-order valence-corrected chi connectivity index (χ1v) is 6.31. The maximum absolute atomic E-state index is 11.8. The van der Waals surface area contributed by atoms with Crippen molar-refractivity contribution in [2.75, 3.05) is 12.4 Å². The lowest BCUT2D eigenvalue weighted by Gasteiger charge is -2.13. The third-order valence-corrected chi connectivity index (χ3v) is 3.15. The highest BCUT2D eigenvalue weighted by Gasteiger charge is 2.36. The van der Waals surface area contributed by atoms with Crippen molar-refractivity contribution < 1.29 is 9.59 Å². The quantitative estimate of drug-likeness (QED) is 0.825. The van der Waals surface area contributed by atoms with Crippen LogP contribution in [-0.2, 0) is 9.59 Å². The number of carbonyl (C=O) groups excluding carboxylic acids is 2. The molecule has 1 saturated heterocycles. The topological polar surface area (TPSA) is 75.2 Å². The number of imide groups is 1. The first-order chi connectivity index (χ1) is 8.88. The number of hydrogen-bond donors (Lipinski definition) is 1. The van der Waals surface area contributed by atoms with Gasteiger partial charge in [-0.05, 0) is 18.9 Å². The maximum Gasteiger partial charge on any atom is 0.252 e. The molecule has 6 nitrogen and oxygen atoms in total. The smallest absolute Gasteiger partial charge is 0.252 e. The monoisotopic (exact) mass is 262 g/mol. The largest absolute Gasteiger partial charge is 0.342 e. The predicted octanol–water partition coefficient (Wildman–Crippen LogP) is 1.08. The zero-order valence-corrected chi connectivity index (χ0v) is 11.6. The van der Waals surface area contributed by atoms with Crippen LogP contribution in [0.4, 0.5) is 5.95 Å². The number of aryl methyl sites for hydroxylation is 1. The normalized spacial score (nSPS) is 19.4. The number of hydrogen-bond acceptors (Lipinski definition) is 5. The molecule has 1 aliphatic rings. The Morgan fingerprint density at radius 1 is 1.37 bits per heavy atom. The summed E-state index contributed by atoms with van der Waals surface area (Å²) in [6.45, 7) is 5.97. The summed E-state index contributed by atoms with van der Waals surface area (Å²) in [7, 11) is 1.49.